The molecule has 0 radical (unpaired) electrons. The molecule has 2 aromatic rings. The molecule has 0 aliphatic rings. The van der Waals surface area contributed by atoms with Gasteiger partial charge in [-0.15, -0.1) is 0 Å². The highest BCUT2D eigenvalue weighted by molar-refractivity contribution is 7.91. The van der Waals surface area contributed by atoms with Crippen molar-refractivity contribution in [2.45, 2.75) is 50.0 Å². The Morgan fingerprint density at radius 3 is 2.25 bits per heavy atom. The van der Waals surface area contributed by atoms with E-state index in [-0.39, 0.29) is 17.8 Å². The van der Waals surface area contributed by atoms with Gasteiger partial charge in [0.1, 0.15) is 6.10 Å². The SMILES string of the molecule is CCCCCC(C/C=C/CS(=O)(=O)c1ccccc1)OC(=O)c1ccccc1. The summed E-state index contributed by atoms with van der Waals surface area (Å²) in [6.07, 6.45) is 7.60. The summed E-state index contributed by atoms with van der Waals surface area (Å²) in [6, 6.07) is 17.3. The van der Waals surface area contributed by atoms with Crippen LogP contribution >= 0.6 is 0 Å². The van der Waals surface area contributed by atoms with E-state index in [0.717, 1.165) is 25.7 Å². The maximum Gasteiger partial charge on any atom is 0.338 e. The minimum absolute atomic E-state index is 0.0642. The van der Waals surface area contributed by atoms with Crippen LogP contribution in [0.5, 0.6) is 0 Å². The van der Waals surface area contributed by atoms with Crippen molar-refractivity contribution in [3.8, 4) is 0 Å². The lowest BCUT2D eigenvalue weighted by molar-refractivity contribution is 0.0283. The molecule has 0 fully saturated rings. The Kier molecular flexibility index (Phi) is 8.95. The quantitative estimate of drug-likeness (QED) is 0.295. The monoisotopic (exact) mass is 400 g/mol. The zero-order valence-electron chi connectivity index (χ0n) is 16.3. The fraction of sp³-hybridized carbons (Fsp3) is 0.348. The van der Waals surface area contributed by atoms with E-state index in [2.05, 4.69) is 6.92 Å². The topological polar surface area (TPSA) is 60.4 Å². The number of carbonyl (C=O) groups excluding carboxylic acids is 1. The Labute approximate surface area is 168 Å². The zero-order chi connectivity index (χ0) is 20.2. The van der Waals surface area contributed by atoms with Gasteiger partial charge < -0.3 is 4.74 Å². The molecule has 2 aromatic carbocycles. The van der Waals surface area contributed by atoms with E-state index in [1.54, 1.807) is 66.7 Å². The summed E-state index contributed by atoms with van der Waals surface area (Å²) in [4.78, 5) is 12.6. The van der Waals surface area contributed by atoms with Crippen molar-refractivity contribution in [2.75, 3.05) is 5.75 Å². The van der Waals surface area contributed by atoms with Crippen LogP contribution in [0.3, 0.4) is 0 Å². The molecule has 4 nitrogen and oxygen atoms in total. The van der Waals surface area contributed by atoms with Crippen molar-refractivity contribution < 1.29 is 17.9 Å². The summed E-state index contributed by atoms with van der Waals surface area (Å²) < 4.78 is 30.3. The molecule has 5 heteroatoms. The van der Waals surface area contributed by atoms with Crippen LogP contribution < -0.4 is 0 Å². The van der Waals surface area contributed by atoms with Gasteiger partial charge in [0.25, 0.3) is 0 Å². The van der Waals surface area contributed by atoms with E-state index in [1.807, 2.05) is 6.07 Å². The maximum absolute atomic E-state index is 12.3. The van der Waals surface area contributed by atoms with E-state index in [1.165, 1.54) is 0 Å². The molecule has 0 aliphatic heterocycles. The fourth-order valence-corrected chi connectivity index (χ4v) is 3.96. The van der Waals surface area contributed by atoms with E-state index in [4.69, 9.17) is 4.74 Å². The maximum atomic E-state index is 12.3. The van der Waals surface area contributed by atoms with Gasteiger partial charge in [-0.3, -0.25) is 0 Å². The molecule has 0 aromatic heterocycles. The highest BCUT2D eigenvalue weighted by Gasteiger charge is 2.15. The van der Waals surface area contributed by atoms with Gasteiger partial charge >= 0.3 is 5.97 Å². The highest BCUT2D eigenvalue weighted by Crippen LogP contribution is 2.15. The molecule has 0 amide bonds. The Hall–Kier alpha value is -2.40. The Bertz CT molecular complexity index is 843. The molecular weight excluding hydrogens is 372 g/mol. The van der Waals surface area contributed by atoms with Crippen molar-refractivity contribution in [3.05, 3.63) is 78.4 Å². The lowest BCUT2D eigenvalue weighted by Crippen LogP contribution is -2.18. The predicted octanol–water partition coefficient (Wildman–Crippen LogP) is 5.21. The van der Waals surface area contributed by atoms with Gasteiger partial charge in [0.2, 0.25) is 0 Å². The summed E-state index contributed by atoms with van der Waals surface area (Å²) in [6.45, 7) is 2.12. The molecule has 0 heterocycles. The summed E-state index contributed by atoms with van der Waals surface area (Å²) in [5.41, 5.74) is 0.527. The van der Waals surface area contributed by atoms with Crippen molar-refractivity contribution in [1.82, 2.24) is 0 Å². The van der Waals surface area contributed by atoms with Gasteiger partial charge in [0, 0.05) is 6.42 Å². The smallest absolute Gasteiger partial charge is 0.338 e. The van der Waals surface area contributed by atoms with E-state index in [9.17, 15) is 13.2 Å². The lowest BCUT2D eigenvalue weighted by atomic mass is 10.1. The predicted molar refractivity (Wildman–Crippen MR) is 112 cm³/mol. The number of hydrogen-bond acceptors (Lipinski definition) is 4. The van der Waals surface area contributed by atoms with Crippen LogP contribution in [-0.4, -0.2) is 26.2 Å². The summed E-state index contributed by atoms with van der Waals surface area (Å²) in [5.74, 6) is -0.405. The second kappa shape index (κ2) is 11.4. The third-order valence-corrected chi connectivity index (χ3v) is 6.02. The molecule has 0 bridgehead atoms. The van der Waals surface area contributed by atoms with Crippen LogP contribution in [0.25, 0.3) is 0 Å². The Morgan fingerprint density at radius 1 is 0.964 bits per heavy atom. The van der Waals surface area contributed by atoms with E-state index in [0.29, 0.717) is 16.9 Å². The summed E-state index contributed by atoms with van der Waals surface area (Å²) in [5, 5.41) is 0. The molecule has 0 spiro atoms. The normalized spacial score (nSPS) is 12.8. The number of rotatable bonds is 11. The van der Waals surface area contributed by atoms with Crippen LogP contribution in [0.4, 0.5) is 0 Å². The number of unbranched alkanes of at least 4 members (excludes halogenated alkanes) is 2. The molecule has 1 unspecified atom stereocenters. The lowest BCUT2D eigenvalue weighted by Gasteiger charge is -2.16. The molecular formula is C23H28O4S. The largest absolute Gasteiger partial charge is 0.458 e. The number of hydrogen-bond donors (Lipinski definition) is 0. The molecule has 0 N–H and O–H groups in total. The number of benzene rings is 2. The second-order valence-corrected chi connectivity index (χ2v) is 8.72. The number of carbonyl (C=O) groups is 1. The minimum atomic E-state index is -3.34. The van der Waals surface area contributed by atoms with Crippen LogP contribution in [0.15, 0.2) is 77.7 Å². The number of sulfone groups is 1. The average Bonchev–Trinajstić information content (AvgIpc) is 2.72. The van der Waals surface area contributed by atoms with Gasteiger partial charge in [-0.05, 0) is 37.1 Å². The molecule has 2 rings (SSSR count). The van der Waals surface area contributed by atoms with Crippen LogP contribution in [-0.2, 0) is 14.6 Å². The van der Waals surface area contributed by atoms with Crippen molar-refractivity contribution in [3.63, 3.8) is 0 Å². The van der Waals surface area contributed by atoms with Gasteiger partial charge in [-0.25, -0.2) is 13.2 Å². The Morgan fingerprint density at radius 2 is 1.61 bits per heavy atom. The van der Waals surface area contributed by atoms with E-state index < -0.39 is 9.84 Å². The summed E-state index contributed by atoms with van der Waals surface area (Å²) >= 11 is 0. The first-order valence-electron chi connectivity index (χ1n) is 9.71. The van der Waals surface area contributed by atoms with Crippen LogP contribution in [0.1, 0.15) is 49.4 Å². The third kappa shape index (κ3) is 7.31. The third-order valence-electron chi connectivity index (χ3n) is 4.40. The van der Waals surface area contributed by atoms with Gasteiger partial charge in [-0.2, -0.15) is 0 Å². The van der Waals surface area contributed by atoms with Gasteiger partial charge in [0.15, 0.2) is 9.84 Å². The number of esters is 1. The van der Waals surface area contributed by atoms with Gasteiger partial charge in [-0.1, -0.05) is 68.3 Å². The van der Waals surface area contributed by atoms with Crippen molar-refractivity contribution in [1.29, 1.82) is 0 Å². The van der Waals surface area contributed by atoms with Crippen LogP contribution in [0.2, 0.25) is 0 Å². The molecule has 0 saturated carbocycles. The highest BCUT2D eigenvalue weighted by atomic mass is 32.2. The average molecular weight is 401 g/mol. The first-order chi connectivity index (χ1) is 13.5. The number of ether oxygens (including phenoxy) is 1. The van der Waals surface area contributed by atoms with Crippen molar-refractivity contribution in [2.24, 2.45) is 0 Å². The first-order valence-corrected chi connectivity index (χ1v) is 11.4. The standard InChI is InChI=1S/C23H28O4S/c1-2-3-6-15-21(27-23(24)20-13-7-4-8-14-20)16-11-12-19-28(25,26)22-17-9-5-10-18-22/h4-5,7-14,17-18,21H,2-3,6,15-16,19H2,1H3/b12-11+. The molecule has 0 aliphatic carbocycles. The zero-order valence-corrected chi connectivity index (χ0v) is 17.1. The van der Waals surface area contributed by atoms with Crippen LogP contribution in [0, 0.1) is 0 Å². The summed E-state index contributed by atoms with van der Waals surface area (Å²) in [7, 11) is -3.34. The molecule has 150 valence electrons. The molecule has 28 heavy (non-hydrogen) atoms. The van der Waals surface area contributed by atoms with E-state index >= 15 is 0 Å². The molecule has 1 atom stereocenters. The minimum Gasteiger partial charge on any atom is -0.458 e. The molecule has 0 saturated heterocycles. The fourth-order valence-electron chi connectivity index (χ4n) is 2.81. The van der Waals surface area contributed by atoms with Crippen molar-refractivity contribution >= 4 is 15.8 Å². The Balaban J connectivity index is 1.94. The first kappa shape index (κ1) is 21.9. The second-order valence-electron chi connectivity index (χ2n) is 6.69. The van der Waals surface area contributed by atoms with Gasteiger partial charge in [0.05, 0.1) is 16.2 Å².